The standard InChI is InChI=1S/C12H16Cl2N2O2S/c1-7(2-3-17)19-6-11(18)16-12-9(13)4-8(15)5-10(12)14/h4-5,7,17H,2-3,6,15H2,1H3,(H,16,18). The molecule has 0 aliphatic carbocycles. The molecule has 4 nitrogen and oxygen atoms in total. The SMILES string of the molecule is CC(CCO)SCC(=O)Nc1c(Cl)cc(N)cc1Cl. The Bertz CT molecular complexity index is 434. The monoisotopic (exact) mass is 322 g/mol. The van der Waals surface area contributed by atoms with Crippen LogP contribution in [0.1, 0.15) is 13.3 Å². The van der Waals surface area contributed by atoms with E-state index in [1.54, 1.807) is 0 Å². The lowest BCUT2D eigenvalue weighted by molar-refractivity contribution is -0.113. The highest BCUT2D eigenvalue weighted by atomic mass is 35.5. The molecule has 1 aromatic rings. The molecule has 0 aromatic heterocycles. The van der Waals surface area contributed by atoms with E-state index in [0.29, 0.717) is 27.8 Å². The van der Waals surface area contributed by atoms with Crippen LogP contribution in [0, 0.1) is 0 Å². The van der Waals surface area contributed by atoms with Crippen LogP contribution in [-0.4, -0.2) is 28.6 Å². The van der Waals surface area contributed by atoms with Gasteiger partial charge in [-0.15, -0.1) is 11.8 Å². The second-order valence-electron chi connectivity index (χ2n) is 4.04. The summed E-state index contributed by atoms with van der Waals surface area (Å²) in [4.78, 5) is 11.8. The minimum Gasteiger partial charge on any atom is -0.399 e. The fourth-order valence-electron chi connectivity index (χ4n) is 1.37. The zero-order chi connectivity index (χ0) is 14.4. The number of benzene rings is 1. The Hall–Kier alpha value is -0.620. The van der Waals surface area contributed by atoms with Crippen LogP contribution in [0.3, 0.4) is 0 Å². The van der Waals surface area contributed by atoms with Crippen molar-refractivity contribution in [1.82, 2.24) is 0 Å². The molecule has 0 saturated carbocycles. The van der Waals surface area contributed by atoms with E-state index in [-0.39, 0.29) is 23.5 Å². The summed E-state index contributed by atoms with van der Waals surface area (Å²) in [6.07, 6.45) is 0.654. The highest BCUT2D eigenvalue weighted by Gasteiger charge is 2.12. The van der Waals surface area contributed by atoms with E-state index in [9.17, 15) is 4.79 Å². The molecule has 4 N–H and O–H groups in total. The summed E-state index contributed by atoms with van der Waals surface area (Å²) in [5.41, 5.74) is 6.40. The van der Waals surface area contributed by atoms with Gasteiger partial charge in [0, 0.05) is 17.5 Å². The fraction of sp³-hybridized carbons (Fsp3) is 0.417. The van der Waals surface area contributed by atoms with Crippen molar-refractivity contribution in [3.05, 3.63) is 22.2 Å². The zero-order valence-corrected chi connectivity index (χ0v) is 12.8. The minimum absolute atomic E-state index is 0.116. The van der Waals surface area contributed by atoms with Crippen LogP contribution >= 0.6 is 35.0 Å². The first-order valence-electron chi connectivity index (χ1n) is 5.71. The summed E-state index contributed by atoms with van der Waals surface area (Å²) >= 11 is 13.4. The average molecular weight is 323 g/mol. The summed E-state index contributed by atoms with van der Waals surface area (Å²) in [6.45, 7) is 2.07. The number of nitrogen functional groups attached to an aromatic ring is 1. The average Bonchev–Trinajstić information content (AvgIpc) is 2.31. The Balaban J connectivity index is 2.58. The Morgan fingerprint density at radius 3 is 2.58 bits per heavy atom. The van der Waals surface area contributed by atoms with Crippen molar-refractivity contribution in [3.63, 3.8) is 0 Å². The van der Waals surface area contributed by atoms with Crippen molar-refractivity contribution in [2.24, 2.45) is 0 Å². The van der Waals surface area contributed by atoms with E-state index in [1.165, 1.54) is 23.9 Å². The number of thioether (sulfide) groups is 1. The predicted molar refractivity (Wildman–Crippen MR) is 83.1 cm³/mol. The lowest BCUT2D eigenvalue weighted by Crippen LogP contribution is -2.16. The molecule has 0 bridgehead atoms. The lowest BCUT2D eigenvalue weighted by Gasteiger charge is -2.12. The molecule has 0 aliphatic rings. The number of rotatable bonds is 6. The number of carbonyl (C=O) groups is 1. The van der Waals surface area contributed by atoms with Gasteiger partial charge in [0.05, 0.1) is 21.5 Å². The molecule has 1 atom stereocenters. The summed E-state index contributed by atoms with van der Waals surface area (Å²) in [6, 6.07) is 3.06. The zero-order valence-electron chi connectivity index (χ0n) is 10.5. The Kier molecular flexibility index (Phi) is 6.79. The second kappa shape index (κ2) is 7.85. The topological polar surface area (TPSA) is 75.3 Å². The van der Waals surface area contributed by atoms with Gasteiger partial charge in [0.2, 0.25) is 5.91 Å². The molecule has 1 unspecified atom stereocenters. The van der Waals surface area contributed by atoms with Crippen LogP contribution in [0.25, 0.3) is 0 Å². The first-order chi connectivity index (χ1) is 8.93. The number of hydrogen-bond acceptors (Lipinski definition) is 4. The number of aliphatic hydroxyl groups is 1. The number of amides is 1. The molecule has 0 spiro atoms. The van der Waals surface area contributed by atoms with Crippen molar-refractivity contribution < 1.29 is 9.90 Å². The number of halogens is 2. The van der Waals surface area contributed by atoms with Gasteiger partial charge in [-0.1, -0.05) is 30.1 Å². The summed E-state index contributed by atoms with van der Waals surface area (Å²) in [5, 5.41) is 12.3. The van der Waals surface area contributed by atoms with Gasteiger partial charge in [-0.25, -0.2) is 0 Å². The normalized spacial score (nSPS) is 12.2. The highest BCUT2D eigenvalue weighted by molar-refractivity contribution is 8.00. The molecule has 1 aromatic carbocycles. The number of carbonyl (C=O) groups excluding carboxylic acids is 1. The van der Waals surface area contributed by atoms with E-state index in [1.807, 2.05) is 6.92 Å². The maximum Gasteiger partial charge on any atom is 0.234 e. The number of nitrogens with two attached hydrogens (primary N) is 1. The maximum atomic E-state index is 11.8. The van der Waals surface area contributed by atoms with Crippen molar-refractivity contribution in [2.45, 2.75) is 18.6 Å². The minimum atomic E-state index is -0.191. The molecule has 1 amide bonds. The van der Waals surface area contributed by atoms with E-state index >= 15 is 0 Å². The van der Waals surface area contributed by atoms with E-state index in [4.69, 9.17) is 34.0 Å². The maximum absolute atomic E-state index is 11.8. The van der Waals surface area contributed by atoms with Crippen LogP contribution in [0.4, 0.5) is 11.4 Å². The molecule has 1 rings (SSSR count). The van der Waals surface area contributed by atoms with Crippen LogP contribution in [0.15, 0.2) is 12.1 Å². The van der Waals surface area contributed by atoms with Gasteiger partial charge in [-0.3, -0.25) is 4.79 Å². The molecule has 0 radical (unpaired) electrons. The Labute approximate surface area is 126 Å². The van der Waals surface area contributed by atoms with E-state index in [0.717, 1.165) is 0 Å². The number of hydrogen-bond donors (Lipinski definition) is 3. The van der Waals surface area contributed by atoms with Gasteiger partial charge in [0.25, 0.3) is 0 Å². The van der Waals surface area contributed by atoms with Gasteiger partial charge in [-0.05, 0) is 18.6 Å². The molecule has 7 heteroatoms. The summed E-state index contributed by atoms with van der Waals surface area (Å²) in [5.74, 6) is 0.0847. The summed E-state index contributed by atoms with van der Waals surface area (Å²) in [7, 11) is 0. The molecule has 0 saturated heterocycles. The number of nitrogens with one attached hydrogen (secondary N) is 1. The van der Waals surface area contributed by atoms with E-state index in [2.05, 4.69) is 5.32 Å². The van der Waals surface area contributed by atoms with Crippen molar-refractivity contribution in [1.29, 1.82) is 0 Å². The molecule has 0 aliphatic heterocycles. The fourth-order valence-corrected chi connectivity index (χ4v) is 2.75. The third-order valence-corrected chi connectivity index (χ3v) is 4.19. The first-order valence-corrected chi connectivity index (χ1v) is 7.51. The molecular formula is C12H16Cl2N2O2S. The Morgan fingerprint density at radius 1 is 1.47 bits per heavy atom. The largest absolute Gasteiger partial charge is 0.399 e. The molecular weight excluding hydrogens is 307 g/mol. The molecule has 0 fully saturated rings. The highest BCUT2D eigenvalue weighted by Crippen LogP contribution is 2.32. The van der Waals surface area contributed by atoms with Gasteiger partial charge < -0.3 is 16.2 Å². The van der Waals surface area contributed by atoms with Crippen LogP contribution in [0.2, 0.25) is 10.0 Å². The molecule has 106 valence electrons. The van der Waals surface area contributed by atoms with Crippen molar-refractivity contribution >= 4 is 52.2 Å². The van der Waals surface area contributed by atoms with Crippen molar-refractivity contribution in [3.8, 4) is 0 Å². The lowest BCUT2D eigenvalue weighted by atomic mass is 10.3. The Morgan fingerprint density at radius 2 is 2.05 bits per heavy atom. The van der Waals surface area contributed by atoms with Gasteiger partial charge in [0.1, 0.15) is 0 Å². The van der Waals surface area contributed by atoms with Crippen LogP contribution in [0.5, 0.6) is 0 Å². The number of anilines is 2. The van der Waals surface area contributed by atoms with Gasteiger partial charge in [-0.2, -0.15) is 0 Å². The molecule has 0 heterocycles. The first kappa shape index (κ1) is 16.4. The van der Waals surface area contributed by atoms with Gasteiger partial charge >= 0.3 is 0 Å². The summed E-state index contributed by atoms with van der Waals surface area (Å²) < 4.78 is 0. The van der Waals surface area contributed by atoms with Crippen molar-refractivity contribution in [2.75, 3.05) is 23.4 Å². The predicted octanol–water partition coefficient (Wildman–Crippen LogP) is 3.02. The smallest absolute Gasteiger partial charge is 0.234 e. The van der Waals surface area contributed by atoms with Crippen LogP contribution < -0.4 is 11.1 Å². The van der Waals surface area contributed by atoms with Gasteiger partial charge in [0.15, 0.2) is 0 Å². The van der Waals surface area contributed by atoms with Crippen LogP contribution in [-0.2, 0) is 4.79 Å². The number of aliphatic hydroxyl groups excluding tert-OH is 1. The molecule has 19 heavy (non-hydrogen) atoms. The van der Waals surface area contributed by atoms with E-state index < -0.39 is 0 Å². The third kappa shape index (κ3) is 5.48. The second-order valence-corrected chi connectivity index (χ2v) is 6.28. The quantitative estimate of drug-likeness (QED) is 0.704. The third-order valence-electron chi connectivity index (χ3n) is 2.36.